The molecule has 1 saturated heterocycles. The Kier molecular flexibility index (Phi) is 2.84. The van der Waals surface area contributed by atoms with Gasteiger partial charge in [0.2, 0.25) is 0 Å². The Bertz CT molecular complexity index is 189. The Morgan fingerprint density at radius 3 is 2.08 bits per heavy atom. The number of likely N-dealkylation sites (tertiary alicyclic amines) is 1. The number of carbonyl (C=O) groups is 1. The molecule has 0 N–H and O–H groups in total. The van der Waals surface area contributed by atoms with Gasteiger partial charge in [-0.3, -0.25) is 0 Å². The van der Waals surface area contributed by atoms with Crippen LogP contribution in [0.1, 0.15) is 26.7 Å². The first-order valence-electron chi connectivity index (χ1n) is 4.89. The number of hydrogen-bond donors (Lipinski definition) is 0. The van der Waals surface area contributed by atoms with E-state index < -0.39 is 0 Å². The van der Waals surface area contributed by atoms with Crippen LogP contribution >= 0.6 is 0 Å². The average molecular weight is 184 g/mol. The number of nitrogens with zero attached hydrogens (tertiary/aromatic N) is 2. The molecule has 0 aromatic carbocycles. The molecule has 3 nitrogen and oxygen atoms in total. The summed E-state index contributed by atoms with van der Waals surface area (Å²) in [4.78, 5) is 15.1. The summed E-state index contributed by atoms with van der Waals surface area (Å²) < 4.78 is 0. The molecule has 0 radical (unpaired) electrons. The minimum atomic E-state index is 0.149. The second-order valence-electron chi connectivity index (χ2n) is 4.83. The summed E-state index contributed by atoms with van der Waals surface area (Å²) in [6, 6.07) is 0.149. The van der Waals surface area contributed by atoms with Gasteiger partial charge in [-0.15, -0.1) is 0 Å². The van der Waals surface area contributed by atoms with Crippen molar-refractivity contribution in [2.75, 3.05) is 27.2 Å². The fourth-order valence-corrected chi connectivity index (χ4v) is 1.59. The van der Waals surface area contributed by atoms with Crippen molar-refractivity contribution in [1.82, 2.24) is 9.80 Å². The molecule has 0 unspecified atom stereocenters. The zero-order valence-corrected chi connectivity index (χ0v) is 9.13. The van der Waals surface area contributed by atoms with Gasteiger partial charge in [-0.05, 0) is 18.3 Å². The van der Waals surface area contributed by atoms with E-state index in [0.29, 0.717) is 5.41 Å². The van der Waals surface area contributed by atoms with E-state index in [0.717, 1.165) is 25.9 Å². The Morgan fingerprint density at radius 1 is 1.23 bits per heavy atom. The van der Waals surface area contributed by atoms with Crippen molar-refractivity contribution in [2.24, 2.45) is 5.41 Å². The molecule has 0 bridgehead atoms. The highest BCUT2D eigenvalue weighted by atomic mass is 16.2. The predicted octanol–water partition coefficient (Wildman–Crippen LogP) is 1.79. The number of rotatable bonds is 0. The average Bonchev–Trinajstić information content (AvgIpc) is 2.03. The molecule has 0 saturated carbocycles. The molecule has 0 aromatic heterocycles. The van der Waals surface area contributed by atoms with Crippen molar-refractivity contribution in [2.45, 2.75) is 26.7 Å². The second-order valence-corrected chi connectivity index (χ2v) is 4.83. The van der Waals surface area contributed by atoms with Gasteiger partial charge in [0.15, 0.2) is 0 Å². The standard InChI is InChI=1S/C10H20N2O/c1-10(2)5-7-12(8-6-10)9(13)11(3)4/h5-8H2,1-4H3. The minimum absolute atomic E-state index is 0.149. The number of carbonyl (C=O) groups excluding carboxylic acids is 1. The fraction of sp³-hybridized carbons (Fsp3) is 0.900. The highest BCUT2D eigenvalue weighted by molar-refractivity contribution is 5.73. The molecule has 13 heavy (non-hydrogen) atoms. The summed E-state index contributed by atoms with van der Waals surface area (Å²) in [7, 11) is 3.62. The van der Waals surface area contributed by atoms with E-state index in [1.54, 1.807) is 4.90 Å². The van der Waals surface area contributed by atoms with Crippen LogP contribution in [0.3, 0.4) is 0 Å². The van der Waals surface area contributed by atoms with Crippen LogP contribution < -0.4 is 0 Å². The molecule has 3 heteroatoms. The first kappa shape index (κ1) is 10.4. The number of amides is 2. The molecule has 0 aliphatic carbocycles. The van der Waals surface area contributed by atoms with Gasteiger partial charge in [0.1, 0.15) is 0 Å². The topological polar surface area (TPSA) is 23.6 Å². The summed E-state index contributed by atoms with van der Waals surface area (Å²) in [6.45, 7) is 6.35. The van der Waals surface area contributed by atoms with E-state index >= 15 is 0 Å². The maximum Gasteiger partial charge on any atom is 0.319 e. The van der Waals surface area contributed by atoms with Gasteiger partial charge in [-0.2, -0.15) is 0 Å². The third kappa shape index (κ3) is 2.61. The molecule has 76 valence electrons. The van der Waals surface area contributed by atoms with E-state index in [-0.39, 0.29) is 6.03 Å². The lowest BCUT2D eigenvalue weighted by Crippen LogP contribution is -2.45. The monoisotopic (exact) mass is 184 g/mol. The molecule has 1 fully saturated rings. The van der Waals surface area contributed by atoms with Crippen LogP contribution in [0.2, 0.25) is 0 Å². The molecule has 1 heterocycles. The van der Waals surface area contributed by atoms with Gasteiger partial charge < -0.3 is 9.80 Å². The molecule has 0 aromatic rings. The van der Waals surface area contributed by atoms with Gasteiger partial charge >= 0.3 is 6.03 Å². The maximum absolute atomic E-state index is 11.6. The van der Waals surface area contributed by atoms with Gasteiger partial charge in [0.05, 0.1) is 0 Å². The quantitative estimate of drug-likeness (QED) is 0.563. The van der Waals surface area contributed by atoms with E-state index in [9.17, 15) is 4.79 Å². The van der Waals surface area contributed by atoms with Gasteiger partial charge in [0, 0.05) is 27.2 Å². The summed E-state index contributed by atoms with van der Waals surface area (Å²) in [5.41, 5.74) is 0.420. The maximum atomic E-state index is 11.6. The number of piperidine rings is 1. The van der Waals surface area contributed by atoms with Crippen molar-refractivity contribution >= 4 is 6.03 Å². The van der Waals surface area contributed by atoms with Crippen LogP contribution in [0.4, 0.5) is 4.79 Å². The normalized spacial score (nSPS) is 21.4. The van der Waals surface area contributed by atoms with Crippen LogP contribution in [0.15, 0.2) is 0 Å². The highest BCUT2D eigenvalue weighted by Gasteiger charge is 2.28. The number of urea groups is 1. The summed E-state index contributed by atoms with van der Waals surface area (Å²) in [6.07, 6.45) is 2.24. The van der Waals surface area contributed by atoms with Crippen LogP contribution in [0, 0.1) is 5.41 Å². The minimum Gasteiger partial charge on any atom is -0.331 e. The largest absolute Gasteiger partial charge is 0.331 e. The molecule has 2 amide bonds. The first-order chi connectivity index (χ1) is 5.92. The lowest BCUT2D eigenvalue weighted by molar-refractivity contribution is 0.123. The van der Waals surface area contributed by atoms with Crippen molar-refractivity contribution < 1.29 is 4.79 Å². The Morgan fingerprint density at radius 2 is 1.69 bits per heavy atom. The first-order valence-corrected chi connectivity index (χ1v) is 4.89. The molecule has 0 atom stereocenters. The zero-order valence-electron chi connectivity index (χ0n) is 9.13. The van der Waals surface area contributed by atoms with Crippen LogP contribution in [-0.2, 0) is 0 Å². The third-order valence-corrected chi connectivity index (χ3v) is 2.77. The van der Waals surface area contributed by atoms with Crippen molar-refractivity contribution in [1.29, 1.82) is 0 Å². The summed E-state index contributed by atoms with van der Waals surface area (Å²) in [5.74, 6) is 0. The second kappa shape index (κ2) is 3.56. The van der Waals surface area contributed by atoms with Crippen molar-refractivity contribution in [3.05, 3.63) is 0 Å². The van der Waals surface area contributed by atoms with Gasteiger partial charge in [-0.25, -0.2) is 4.79 Å². The molecular formula is C10H20N2O. The molecule has 1 aliphatic rings. The van der Waals surface area contributed by atoms with Crippen LogP contribution in [0.5, 0.6) is 0 Å². The summed E-state index contributed by atoms with van der Waals surface area (Å²) >= 11 is 0. The molecule has 1 aliphatic heterocycles. The highest BCUT2D eigenvalue weighted by Crippen LogP contribution is 2.29. The van der Waals surface area contributed by atoms with E-state index in [4.69, 9.17) is 0 Å². The number of hydrogen-bond acceptors (Lipinski definition) is 1. The smallest absolute Gasteiger partial charge is 0.319 e. The Balaban J connectivity index is 2.46. The third-order valence-electron chi connectivity index (χ3n) is 2.77. The van der Waals surface area contributed by atoms with Crippen LogP contribution in [0.25, 0.3) is 0 Å². The lowest BCUT2D eigenvalue weighted by atomic mass is 9.83. The van der Waals surface area contributed by atoms with Crippen molar-refractivity contribution in [3.63, 3.8) is 0 Å². The molecule has 0 spiro atoms. The van der Waals surface area contributed by atoms with Crippen LogP contribution in [-0.4, -0.2) is 43.0 Å². The Hall–Kier alpha value is -0.730. The molecular weight excluding hydrogens is 164 g/mol. The molecule has 1 rings (SSSR count). The zero-order chi connectivity index (χ0) is 10.1. The van der Waals surface area contributed by atoms with E-state index in [1.165, 1.54) is 0 Å². The van der Waals surface area contributed by atoms with Gasteiger partial charge in [-0.1, -0.05) is 13.8 Å². The van der Waals surface area contributed by atoms with E-state index in [2.05, 4.69) is 13.8 Å². The SMILES string of the molecule is CN(C)C(=O)N1CCC(C)(C)CC1. The summed E-state index contributed by atoms with van der Waals surface area (Å²) in [5, 5.41) is 0. The van der Waals surface area contributed by atoms with Gasteiger partial charge in [0.25, 0.3) is 0 Å². The Labute approximate surface area is 80.7 Å². The lowest BCUT2D eigenvalue weighted by Gasteiger charge is -2.37. The predicted molar refractivity (Wildman–Crippen MR) is 53.7 cm³/mol. The fourth-order valence-electron chi connectivity index (χ4n) is 1.59. The van der Waals surface area contributed by atoms with Crippen molar-refractivity contribution in [3.8, 4) is 0 Å². The van der Waals surface area contributed by atoms with E-state index in [1.807, 2.05) is 19.0 Å².